The highest BCUT2D eigenvalue weighted by molar-refractivity contribution is 5.81. The van der Waals surface area contributed by atoms with E-state index in [0.29, 0.717) is 24.1 Å². The van der Waals surface area contributed by atoms with Crippen molar-refractivity contribution in [2.75, 3.05) is 0 Å². The van der Waals surface area contributed by atoms with Gasteiger partial charge in [-0.2, -0.15) is 0 Å². The molecular formula is C25H23N3O4. The van der Waals surface area contributed by atoms with Gasteiger partial charge in [-0.15, -0.1) is 0 Å². The summed E-state index contributed by atoms with van der Waals surface area (Å²) in [5.41, 5.74) is 2.54. The van der Waals surface area contributed by atoms with Crippen LogP contribution in [-0.4, -0.2) is 15.5 Å². The van der Waals surface area contributed by atoms with Crippen LogP contribution in [0.2, 0.25) is 0 Å². The van der Waals surface area contributed by atoms with Crippen molar-refractivity contribution >= 4 is 16.8 Å². The molecule has 1 heterocycles. The van der Waals surface area contributed by atoms with Gasteiger partial charge in [0.15, 0.2) is 0 Å². The van der Waals surface area contributed by atoms with Gasteiger partial charge >= 0.3 is 5.69 Å². The molecule has 7 nitrogen and oxygen atoms in total. The van der Waals surface area contributed by atoms with Crippen molar-refractivity contribution in [3.8, 4) is 5.75 Å². The molecule has 0 saturated heterocycles. The van der Waals surface area contributed by atoms with Crippen molar-refractivity contribution in [1.29, 1.82) is 0 Å². The smallest absolute Gasteiger partial charge is 0.329 e. The van der Waals surface area contributed by atoms with E-state index >= 15 is 0 Å². The van der Waals surface area contributed by atoms with Crippen LogP contribution in [0.5, 0.6) is 5.75 Å². The first kappa shape index (κ1) is 21.1. The SMILES string of the molecule is Cc1cccc(COc2ccc(CNC(=O)Cn3c(=O)[nH]c(=O)c4ccccc43)cc2)c1. The Balaban J connectivity index is 1.35. The van der Waals surface area contributed by atoms with Gasteiger partial charge in [-0.3, -0.25) is 19.1 Å². The molecule has 1 aromatic heterocycles. The van der Waals surface area contributed by atoms with Gasteiger partial charge in [-0.05, 0) is 42.3 Å². The summed E-state index contributed by atoms with van der Waals surface area (Å²) >= 11 is 0. The molecule has 7 heteroatoms. The molecule has 4 rings (SSSR count). The number of carbonyl (C=O) groups excluding carboxylic acids is 1. The summed E-state index contributed by atoms with van der Waals surface area (Å²) in [5, 5.41) is 3.17. The highest BCUT2D eigenvalue weighted by Gasteiger charge is 2.10. The molecule has 1 amide bonds. The fourth-order valence-electron chi connectivity index (χ4n) is 3.47. The monoisotopic (exact) mass is 429 g/mol. The third-order valence-electron chi connectivity index (χ3n) is 5.11. The predicted octanol–water partition coefficient (Wildman–Crippen LogP) is 2.89. The number of aromatic amines is 1. The van der Waals surface area contributed by atoms with E-state index in [2.05, 4.69) is 16.4 Å². The highest BCUT2D eigenvalue weighted by Crippen LogP contribution is 2.15. The first-order valence-electron chi connectivity index (χ1n) is 10.3. The van der Waals surface area contributed by atoms with Crippen molar-refractivity contribution in [3.63, 3.8) is 0 Å². The summed E-state index contributed by atoms with van der Waals surface area (Å²) in [5.74, 6) is 0.414. The van der Waals surface area contributed by atoms with E-state index in [0.717, 1.165) is 16.9 Å². The number of para-hydroxylation sites is 1. The van der Waals surface area contributed by atoms with Gasteiger partial charge in [-0.25, -0.2) is 4.79 Å². The van der Waals surface area contributed by atoms with Gasteiger partial charge in [0.2, 0.25) is 5.91 Å². The van der Waals surface area contributed by atoms with E-state index in [1.165, 1.54) is 10.1 Å². The number of H-pyrrole nitrogens is 1. The van der Waals surface area contributed by atoms with Crippen molar-refractivity contribution in [2.45, 2.75) is 26.6 Å². The Labute approximate surface area is 184 Å². The van der Waals surface area contributed by atoms with Crippen molar-refractivity contribution in [3.05, 3.63) is 110 Å². The lowest BCUT2D eigenvalue weighted by atomic mass is 10.1. The second-order valence-corrected chi connectivity index (χ2v) is 7.56. The molecule has 3 aromatic carbocycles. The lowest BCUT2D eigenvalue weighted by Gasteiger charge is -2.11. The topological polar surface area (TPSA) is 93.2 Å². The van der Waals surface area contributed by atoms with Crippen molar-refractivity contribution < 1.29 is 9.53 Å². The number of ether oxygens (including phenoxy) is 1. The third kappa shape index (κ3) is 4.95. The standard InChI is InChI=1S/C25H23N3O4/c1-17-5-4-6-19(13-17)16-32-20-11-9-18(10-12-20)14-26-23(29)15-28-22-8-3-2-7-21(22)24(30)27-25(28)31/h2-13H,14-16H2,1H3,(H,26,29)(H,27,30,31). The number of aromatic nitrogens is 2. The zero-order valence-electron chi connectivity index (χ0n) is 17.6. The molecule has 162 valence electrons. The van der Waals surface area contributed by atoms with E-state index in [1.54, 1.807) is 24.3 Å². The predicted molar refractivity (Wildman–Crippen MR) is 123 cm³/mol. The number of carbonyl (C=O) groups is 1. The lowest BCUT2D eigenvalue weighted by Crippen LogP contribution is -2.36. The van der Waals surface area contributed by atoms with Crippen LogP contribution >= 0.6 is 0 Å². The molecular weight excluding hydrogens is 406 g/mol. The molecule has 0 saturated carbocycles. The van der Waals surface area contributed by atoms with Crippen molar-refractivity contribution in [2.24, 2.45) is 0 Å². The van der Waals surface area contributed by atoms with E-state index in [9.17, 15) is 14.4 Å². The largest absolute Gasteiger partial charge is 0.489 e. The van der Waals surface area contributed by atoms with Gasteiger partial charge in [0.1, 0.15) is 18.9 Å². The summed E-state index contributed by atoms with van der Waals surface area (Å²) in [6.07, 6.45) is 0. The van der Waals surface area contributed by atoms with Crippen LogP contribution in [0.4, 0.5) is 0 Å². The van der Waals surface area contributed by atoms with E-state index in [4.69, 9.17) is 4.74 Å². The molecule has 2 N–H and O–H groups in total. The lowest BCUT2D eigenvalue weighted by molar-refractivity contribution is -0.121. The Hall–Kier alpha value is -4.13. The minimum absolute atomic E-state index is 0.187. The molecule has 32 heavy (non-hydrogen) atoms. The molecule has 0 aliphatic carbocycles. The molecule has 4 aromatic rings. The van der Waals surface area contributed by atoms with Crippen LogP contribution in [0.15, 0.2) is 82.4 Å². The van der Waals surface area contributed by atoms with Crippen LogP contribution in [0.3, 0.4) is 0 Å². The number of benzene rings is 3. The first-order valence-corrected chi connectivity index (χ1v) is 10.3. The zero-order chi connectivity index (χ0) is 22.5. The summed E-state index contributed by atoms with van der Waals surface area (Å²) < 4.78 is 7.07. The fourth-order valence-corrected chi connectivity index (χ4v) is 3.47. The average molecular weight is 429 g/mol. The number of hydrogen-bond acceptors (Lipinski definition) is 4. The van der Waals surface area contributed by atoms with Crippen LogP contribution in [0, 0.1) is 6.92 Å². The number of aryl methyl sites for hydroxylation is 1. The van der Waals surface area contributed by atoms with Gasteiger partial charge in [-0.1, -0.05) is 54.1 Å². The van der Waals surface area contributed by atoms with Gasteiger partial charge < -0.3 is 10.1 Å². The molecule has 0 bridgehead atoms. The molecule has 0 fully saturated rings. The minimum atomic E-state index is -0.612. The number of nitrogens with one attached hydrogen (secondary N) is 2. The maximum atomic E-state index is 12.4. The van der Waals surface area contributed by atoms with Crippen LogP contribution < -0.4 is 21.3 Å². The molecule has 0 aliphatic rings. The number of nitrogens with zero attached hydrogens (tertiary/aromatic N) is 1. The summed E-state index contributed by atoms with van der Waals surface area (Å²) in [7, 11) is 0. The fraction of sp³-hybridized carbons (Fsp3) is 0.160. The highest BCUT2D eigenvalue weighted by atomic mass is 16.5. The summed E-state index contributed by atoms with van der Waals surface area (Å²) in [4.78, 5) is 38.8. The van der Waals surface area contributed by atoms with Crippen LogP contribution in [0.1, 0.15) is 16.7 Å². The number of rotatable bonds is 7. The van der Waals surface area contributed by atoms with E-state index < -0.39 is 11.2 Å². The molecule has 0 radical (unpaired) electrons. The Morgan fingerprint density at radius 2 is 1.75 bits per heavy atom. The minimum Gasteiger partial charge on any atom is -0.489 e. The Morgan fingerprint density at radius 3 is 2.53 bits per heavy atom. The van der Waals surface area contributed by atoms with Crippen molar-refractivity contribution in [1.82, 2.24) is 14.9 Å². The van der Waals surface area contributed by atoms with Gasteiger partial charge in [0.25, 0.3) is 5.56 Å². The van der Waals surface area contributed by atoms with Crippen LogP contribution in [-0.2, 0) is 24.5 Å². The quantitative estimate of drug-likeness (QED) is 0.472. The van der Waals surface area contributed by atoms with E-state index in [-0.39, 0.29) is 12.5 Å². The second-order valence-electron chi connectivity index (χ2n) is 7.56. The normalized spacial score (nSPS) is 10.8. The average Bonchev–Trinajstić information content (AvgIpc) is 2.80. The Morgan fingerprint density at radius 1 is 0.969 bits per heavy atom. The first-order chi connectivity index (χ1) is 15.5. The third-order valence-corrected chi connectivity index (χ3v) is 5.11. The number of amides is 1. The molecule has 0 unspecified atom stereocenters. The Kier molecular flexibility index (Phi) is 6.17. The van der Waals surface area contributed by atoms with Gasteiger partial charge in [0, 0.05) is 6.54 Å². The molecule has 0 atom stereocenters. The zero-order valence-corrected chi connectivity index (χ0v) is 17.6. The number of fused-ring (bicyclic) bond motifs is 1. The summed E-state index contributed by atoms with van der Waals surface area (Å²) in [6, 6.07) is 22.3. The maximum Gasteiger partial charge on any atom is 0.329 e. The molecule has 0 spiro atoms. The molecule has 0 aliphatic heterocycles. The Bertz CT molecular complexity index is 1370. The number of hydrogen-bond donors (Lipinski definition) is 2. The summed E-state index contributed by atoms with van der Waals surface area (Å²) in [6.45, 7) is 2.66. The maximum absolute atomic E-state index is 12.4. The van der Waals surface area contributed by atoms with Crippen LogP contribution in [0.25, 0.3) is 10.9 Å². The second kappa shape index (κ2) is 9.34. The van der Waals surface area contributed by atoms with Gasteiger partial charge in [0.05, 0.1) is 10.9 Å². The van der Waals surface area contributed by atoms with E-state index in [1.807, 2.05) is 49.4 Å².